The molecule has 0 saturated carbocycles. The molecule has 0 heterocycles. The van der Waals surface area contributed by atoms with Gasteiger partial charge in [-0.3, -0.25) is 4.79 Å². The van der Waals surface area contributed by atoms with Gasteiger partial charge in [-0.25, -0.2) is 4.39 Å². The van der Waals surface area contributed by atoms with Gasteiger partial charge < -0.3 is 10.4 Å². The van der Waals surface area contributed by atoms with E-state index in [-0.39, 0.29) is 12.3 Å². The van der Waals surface area contributed by atoms with E-state index in [1.807, 2.05) is 6.07 Å². The van der Waals surface area contributed by atoms with Gasteiger partial charge in [0.1, 0.15) is 5.82 Å². The van der Waals surface area contributed by atoms with Crippen molar-refractivity contribution in [1.29, 1.82) is 0 Å². The number of hydrogen-bond acceptors (Lipinski definition) is 2. The van der Waals surface area contributed by atoms with Crippen LogP contribution in [0, 0.1) is 5.82 Å². The zero-order chi connectivity index (χ0) is 14.5. The number of carbonyl (C=O) groups is 1. The van der Waals surface area contributed by atoms with E-state index >= 15 is 0 Å². The van der Waals surface area contributed by atoms with E-state index in [0.29, 0.717) is 11.3 Å². The van der Waals surface area contributed by atoms with Crippen molar-refractivity contribution in [3.63, 3.8) is 0 Å². The van der Waals surface area contributed by atoms with Crippen LogP contribution in [-0.2, 0) is 4.79 Å². The van der Waals surface area contributed by atoms with Gasteiger partial charge in [0.25, 0.3) is 0 Å². The van der Waals surface area contributed by atoms with Crippen LogP contribution in [0.5, 0.6) is 0 Å². The quantitative estimate of drug-likeness (QED) is 0.894. The standard InChI is InChI=1S/C15H13BrFNO2/c16-11-4-2-6-13(8-11)18-15(20)9-14(19)10-3-1-5-12(17)7-10/h1-8,14,19H,9H2,(H,18,20). The van der Waals surface area contributed by atoms with Crippen molar-refractivity contribution in [2.45, 2.75) is 12.5 Å². The van der Waals surface area contributed by atoms with Gasteiger partial charge in [-0.15, -0.1) is 0 Å². The van der Waals surface area contributed by atoms with Crippen LogP contribution in [0.2, 0.25) is 0 Å². The van der Waals surface area contributed by atoms with Gasteiger partial charge in [-0.05, 0) is 35.9 Å². The molecule has 0 radical (unpaired) electrons. The third kappa shape index (κ3) is 4.15. The van der Waals surface area contributed by atoms with Gasteiger partial charge in [-0.2, -0.15) is 0 Å². The van der Waals surface area contributed by atoms with Crippen molar-refractivity contribution in [3.8, 4) is 0 Å². The Hall–Kier alpha value is -1.72. The SMILES string of the molecule is O=C(CC(O)c1cccc(F)c1)Nc1cccc(Br)c1. The van der Waals surface area contributed by atoms with E-state index in [1.165, 1.54) is 18.2 Å². The third-order valence-corrected chi connectivity index (χ3v) is 3.21. The van der Waals surface area contributed by atoms with Crippen molar-refractivity contribution < 1.29 is 14.3 Å². The zero-order valence-electron chi connectivity index (χ0n) is 10.5. The Morgan fingerprint density at radius 3 is 2.70 bits per heavy atom. The van der Waals surface area contributed by atoms with Gasteiger partial charge in [0, 0.05) is 10.2 Å². The van der Waals surface area contributed by atoms with Crippen molar-refractivity contribution in [1.82, 2.24) is 0 Å². The summed E-state index contributed by atoms with van der Waals surface area (Å²) in [4.78, 5) is 11.8. The lowest BCUT2D eigenvalue weighted by molar-refractivity contribution is -0.118. The van der Waals surface area contributed by atoms with Crippen molar-refractivity contribution >= 4 is 27.5 Å². The summed E-state index contributed by atoms with van der Waals surface area (Å²) in [5.74, 6) is -0.770. The number of rotatable bonds is 4. The van der Waals surface area contributed by atoms with Gasteiger partial charge >= 0.3 is 0 Å². The fraction of sp³-hybridized carbons (Fsp3) is 0.133. The van der Waals surface area contributed by atoms with Gasteiger partial charge in [-0.1, -0.05) is 34.1 Å². The molecule has 2 N–H and O–H groups in total. The largest absolute Gasteiger partial charge is 0.388 e. The van der Waals surface area contributed by atoms with E-state index in [2.05, 4.69) is 21.2 Å². The van der Waals surface area contributed by atoms with Crippen LogP contribution in [0.25, 0.3) is 0 Å². The van der Waals surface area contributed by atoms with Crippen LogP contribution in [-0.4, -0.2) is 11.0 Å². The zero-order valence-corrected chi connectivity index (χ0v) is 12.1. The summed E-state index contributed by atoms with van der Waals surface area (Å²) < 4.78 is 13.9. The highest BCUT2D eigenvalue weighted by Gasteiger charge is 2.13. The predicted octanol–water partition coefficient (Wildman–Crippen LogP) is 3.65. The molecule has 0 fully saturated rings. The smallest absolute Gasteiger partial charge is 0.227 e. The second-order valence-corrected chi connectivity index (χ2v) is 5.25. The summed E-state index contributed by atoms with van der Waals surface area (Å²) >= 11 is 3.31. The molecule has 1 amide bonds. The minimum Gasteiger partial charge on any atom is -0.388 e. The second kappa shape index (κ2) is 6.63. The van der Waals surface area contributed by atoms with E-state index in [0.717, 1.165) is 4.47 Å². The van der Waals surface area contributed by atoms with Crippen LogP contribution in [0.4, 0.5) is 10.1 Å². The summed E-state index contributed by atoms with van der Waals surface area (Å²) in [5, 5.41) is 12.6. The Bertz CT molecular complexity index is 618. The molecule has 20 heavy (non-hydrogen) atoms. The normalized spacial score (nSPS) is 11.9. The molecular formula is C15H13BrFNO2. The first-order chi connectivity index (χ1) is 9.54. The summed E-state index contributed by atoms with van der Waals surface area (Å²) in [6.45, 7) is 0. The number of carbonyl (C=O) groups excluding carboxylic acids is 1. The van der Waals surface area contributed by atoms with Crippen LogP contribution in [0.3, 0.4) is 0 Å². The van der Waals surface area contributed by atoms with Crippen LogP contribution < -0.4 is 5.32 Å². The molecule has 2 aromatic carbocycles. The third-order valence-electron chi connectivity index (χ3n) is 2.72. The Morgan fingerprint density at radius 1 is 1.25 bits per heavy atom. The Labute approximate surface area is 124 Å². The van der Waals surface area contributed by atoms with Crippen molar-refractivity contribution in [2.75, 3.05) is 5.32 Å². The monoisotopic (exact) mass is 337 g/mol. The molecular weight excluding hydrogens is 325 g/mol. The fourth-order valence-electron chi connectivity index (χ4n) is 1.79. The number of benzene rings is 2. The number of hydrogen-bond donors (Lipinski definition) is 2. The molecule has 0 spiro atoms. The number of aliphatic hydroxyl groups excluding tert-OH is 1. The lowest BCUT2D eigenvalue weighted by Gasteiger charge is -2.11. The topological polar surface area (TPSA) is 49.3 Å². The molecule has 0 aromatic heterocycles. The average molecular weight is 338 g/mol. The predicted molar refractivity (Wildman–Crippen MR) is 78.7 cm³/mol. The second-order valence-electron chi connectivity index (χ2n) is 4.33. The summed E-state index contributed by atoms with van der Waals surface area (Å²) in [6.07, 6.45) is -1.16. The van der Waals surface area contributed by atoms with E-state index < -0.39 is 11.9 Å². The molecule has 104 valence electrons. The first kappa shape index (κ1) is 14.7. The Balaban J connectivity index is 1.97. The fourth-order valence-corrected chi connectivity index (χ4v) is 2.18. The number of nitrogens with one attached hydrogen (secondary N) is 1. The molecule has 2 rings (SSSR count). The number of amides is 1. The van der Waals surface area contributed by atoms with Gasteiger partial charge in [0.2, 0.25) is 5.91 Å². The molecule has 0 aliphatic rings. The minimum atomic E-state index is -1.03. The van der Waals surface area contributed by atoms with Crippen LogP contribution in [0.1, 0.15) is 18.1 Å². The van der Waals surface area contributed by atoms with Crippen LogP contribution in [0.15, 0.2) is 53.0 Å². The average Bonchev–Trinajstić information content (AvgIpc) is 2.38. The van der Waals surface area contributed by atoms with Crippen molar-refractivity contribution in [2.24, 2.45) is 0 Å². The molecule has 1 atom stereocenters. The van der Waals surface area contributed by atoms with E-state index in [9.17, 15) is 14.3 Å². The number of aliphatic hydroxyl groups is 1. The highest BCUT2D eigenvalue weighted by molar-refractivity contribution is 9.10. The molecule has 3 nitrogen and oxygen atoms in total. The molecule has 2 aromatic rings. The summed E-state index contributed by atoms with van der Waals surface area (Å²) in [5.41, 5.74) is 1.02. The molecule has 1 unspecified atom stereocenters. The highest BCUT2D eigenvalue weighted by atomic mass is 79.9. The first-order valence-corrected chi connectivity index (χ1v) is 6.83. The maximum atomic E-state index is 13.0. The molecule has 0 aliphatic carbocycles. The molecule has 5 heteroatoms. The summed E-state index contributed by atoms with van der Waals surface area (Å²) in [6, 6.07) is 12.7. The lowest BCUT2D eigenvalue weighted by Crippen LogP contribution is -2.15. The summed E-state index contributed by atoms with van der Waals surface area (Å²) in [7, 11) is 0. The molecule has 0 saturated heterocycles. The Kier molecular flexibility index (Phi) is 4.87. The maximum absolute atomic E-state index is 13.0. The number of anilines is 1. The minimum absolute atomic E-state index is 0.129. The van der Waals surface area contributed by atoms with Gasteiger partial charge in [0.15, 0.2) is 0 Å². The van der Waals surface area contributed by atoms with Gasteiger partial charge in [0.05, 0.1) is 12.5 Å². The van der Waals surface area contributed by atoms with Crippen molar-refractivity contribution in [3.05, 3.63) is 64.4 Å². The molecule has 0 aliphatic heterocycles. The molecule has 0 bridgehead atoms. The first-order valence-electron chi connectivity index (χ1n) is 6.03. The number of halogens is 2. The highest BCUT2D eigenvalue weighted by Crippen LogP contribution is 2.20. The van der Waals surface area contributed by atoms with E-state index in [1.54, 1.807) is 24.3 Å². The van der Waals surface area contributed by atoms with E-state index in [4.69, 9.17) is 0 Å². The Morgan fingerprint density at radius 2 is 2.00 bits per heavy atom. The van der Waals surface area contributed by atoms with Crippen LogP contribution >= 0.6 is 15.9 Å². The maximum Gasteiger partial charge on any atom is 0.227 e. The lowest BCUT2D eigenvalue weighted by atomic mass is 10.1.